The Morgan fingerprint density at radius 2 is 2.20 bits per heavy atom. The van der Waals surface area contributed by atoms with Crippen LogP contribution < -0.4 is 4.74 Å². The number of halogens is 1. The molecule has 0 amide bonds. The van der Waals surface area contributed by atoms with Crippen LogP contribution in [0, 0.1) is 11.8 Å². The fourth-order valence-corrected chi connectivity index (χ4v) is 5.30. The van der Waals surface area contributed by atoms with Crippen LogP contribution in [0.4, 0.5) is 0 Å². The average Bonchev–Trinajstić information content (AvgIpc) is 2.66. The molecule has 0 spiro atoms. The first-order chi connectivity index (χ1) is 12.1. The van der Waals surface area contributed by atoms with E-state index in [1.165, 1.54) is 6.42 Å². The maximum absolute atomic E-state index is 11.2. The first-order valence-corrected chi connectivity index (χ1v) is 9.99. The van der Waals surface area contributed by atoms with Gasteiger partial charge < -0.3 is 9.84 Å². The number of benzene rings is 1. The van der Waals surface area contributed by atoms with Gasteiger partial charge in [0, 0.05) is 29.0 Å². The van der Waals surface area contributed by atoms with Crippen molar-refractivity contribution in [3.8, 4) is 5.75 Å². The highest BCUT2D eigenvalue weighted by Gasteiger charge is 2.44. The van der Waals surface area contributed by atoms with Gasteiger partial charge in [0.25, 0.3) is 0 Å². The number of pyridine rings is 1. The molecular weight excluding hydrogens is 380 g/mol. The average molecular weight is 405 g/mol. The fraction of sp³-hybridized carbons (Fsp3) is 0.550. The highest BCUT2D eigenvalue weighted by molar-refractivity contribution is 9.09. The zero-order valence-corrected chi connectivity index (χ0v) is 16.3. The third-order valence-electron chi connectivity index (χ3n) is 6.11. The second kappa shape index (κ2) is 6.86. The molecule has 134 valence electrons. The van der Waals surface area contributed by atoms with E-state index < -0.39 is 6.10 Å². The molecule has 3 aliphatic heterocycles. The Balaban J connectivity index is 1.66. The van der Waals surface area contributed by atoms with Crippen molar-refractivity contribution in [2.45, 2.75) is 36.7 Å². The number of ether oxygens (including phenoxy) is 1. The highest BCUT2D eigenvalue weighted by atomic mass is 79.9. The van der Waals surface area contributed by atoms with Crippen LogP contribution in [-0.4, -0.2) is 46.1 Å². The van der Waals surface area contributed by atoms with Crippen LogP contribution in [-0.2, 0) is 0 Å². The van der Waals surface area contributed by atoms with Crippen LogP contribution in [0.1, 0.15) is 31.4 Å². The Labute approximate surface area is 157 Å². The number of hydrogen-bond donors (Lipinski definition) is 1. The van der Waals surface area contributed by atoms with Gasteiger partial charge in [-0.1, -0.05) is 22.9 Å². The maximum atomic E-state index is 11.2. The van der Waals surface area contributed by atoms with E-state index in [4.69, 9.17) is 4.74 Å². The third-order valence-corrected chi connectivity index (χ3v) is 6.79. The zero-order chi connectivity index (χ0) is 17.6. The Bertz CT molecular complexity index is 766. The van der Waals surface area contributed by atoms with E-state index in [9.17, 15) is 5.11 Å². The quantitative estimate of drug-likeness (QED) is 0.787. The van der Waals surface area contributed by atoms with Crippen molar-refractivity contribution in [2.24, 2.45) is 11.8 Å². The lowest BCUT2D eigenvalue weighted by Crippen LogP contribution is -2.56. The topological polar surface area (TPSA) is 45.6 Å². The van der Waals surface area contributed by atoms with E-state index in [-0.39, 0.29) is 6.04 Å². The number of fused-ring (bicyclic) bond motifs is 4. The molecule has 3 fully saturated rings. The molecule has 4 heterocycles. The minimum Gasteiger partial charge on any atom is -0.497 e. The summed E-state index contributed by atoms with van der Waals surface area (Å²) in [4.78, 5) is 7.46. The normalized spacial score (nSPS) is 31.0. The fourth-order valence-electron chi connectivity index (χ4n) is 4.70. The number of piperidine rings is 3. The summed E-state index contributed by atoms with van der Waals surface area (Å²) in [6.07, 6.45) is 3.62. The lowest BCUT2D eigenvalue weighted by molar-refractivity contribution is -0.0544. The number of hydrogen-bond acceptors (Lipinski definition) is 4. The predicted octanol–water partition coefficient (Wildman–Crippen LogP) is 3.77. The van der Waals surface area contributed by atoms with Crippen molar-refractivity contribution in [1.82, 2.24) is 9.88 Å². The van der Waals surface area contributed by atoms with Gasteiger partial charge in [0.05, 0.1) is 18.7 Å². The first-order valence-electron chi connectivity index (χ1n) is 9.07. The van der Waals surface area contributed by atoms with E-state index >= 15 is 0 Å². The lowest BCUT2D eigenvalue weighted by Gasteiger charge is -2.52. The Morgan fingerprint density at radius 1 is 1.36 bits per heavy atom. The molecule has 6 atom stereocenters. The second-order valence-electron chi connectivity index (χ2n) is 7.42. The Hall–Kier alpha value is -1.17. The van der Waals surface area contributed by atoms with E-state index in [1.54, 1.807) is 13.3 Å². The van der Waals surface area contributed by atoms with Crippen LogP contribution in [0.25, 0.3) is 10.9 Å². The van der Waals surface area contributed by atoms with Gasteiger partial charge >= 0.3 is 0 Å². The van der Waals surface area contributed by atoms with Crippen LogP contribution in [0.5, 0.6) is 5.75 Å². The van der Waals surface area contributed by atoms with Crippen LogP contribution in [0.15, 0.2) is 30.5 Å². The van der Waals surface area contributed by atoms with Crippen molar-refractivity contribution in [1.29, 1.82) is 0 Å². The van der Waals surface area contributed by atoms with Crippen LogP contribution >= 0.6 is 15.9 Å². The van der Waals surface area contributed by atoms with E-state index in [0.29, 0.717) is 16.7 Å². The zero-order valence-electron chi connectivity index (χ0n) is 14.7. The summed E-state index contributed by atoms with van der Waals surface area (Å²) in [5.74, 6) is 2.18. The lowest BCUT2D eigenvalue weighted by atomic mass is 9.72. The van der Waals surface area contributed by atoms with Gasteiger partial charge in [-0.15, -0.1) is 0 Å². The van der Waals surface area contributed by atoms with Gasteiger partial charge in [-0.05, 0) is 61.1 Å². The predicted molar refractivity (Wildman–Crippen MR) is 103 cm³/mol. The van der Waals surface area contributed by atoms with E-state index in [1.807, 2.05) is 24.3 Å². The number of aliphatic hydroxyl groups is 1. The molecule has 0 saturated carbocycles. The van der Waals surface area contributed by atoms with Crippen LogP contribution in [0.3, 0.4) is 0 Å². The van der Waals surface area contributed by atoms with E-state index in [0.717, 1.165) is 41.7 Å². The molecule has 5 rings (SSSR count). The SMILES string of the molecule is COc1ccc2nccc([C@@H](O)[C@@H]3C[C@@H]4CCN3C[C@@H]4[C@H](C)Br)c2c1. The molecule has 3 aliphatic rings. The number of aromatic nitrogens is 1. The molecule has 25 heavy (non-hydrogen) atoms. The van der Waals surface area contributed by atoms with Gasteiger partial charge in [-0.3, -0.25) is 9.88 Å². The Kier molecular flexibility index (Phi) is 4.73. The highest BCUT2D eigenvalue weighted by Crippen LogP contribution is 2.44. The minimum atomic E-state index is -0.494. The van der Waals surface area contributed by atoms with Gasteiger partial charge in [0.1, 0.15) is 5.75 Å². The number of rotatable bonds is 4. The molecular formula is C20H25BrN2O2. The summed E-state index contributed by atoms with van der Waals surface area (Å²) >= 11 is 3.78. The monoisotopic (exact) mass is 404 g/mol. The largest absolute Gasteiger partial charge is 0.497 e. The summed E-state index contributed by atoms with van der Waals surface area (Å²) in [5.41, 5.74) is 1.87. The van der Waals surface area contributed by atoms with E-state index in [2.05, 4.69) is 32.7 Å². The molecule has 2 bridgehead atoms. The smallest absolute Gasteiger partial charge is 0.119 e. The van der Waals surface area contributed by atoms with Gasteiger partial charge in [-0.25, -0.2) is 0 Å². The third kappa shape index (κ3) is 3.07. The molecule has 1 N–H and O–H groups in total. The summed E-state index contributed by atoms with van der Waals surface area (Å²) in [5, 5.41) is 12.2. The summed E-state index contributed by atoms with van der Waals surface area (Å²) < 4.78 is 5.37. The number of methoxy groups -OCH3 is 1. The summed E-state index contributed by atoms with van der Waals surface area (Å²) in [6, 6.07) is 8.01. The maximum Gasteiger partial charge on any atom is 0.119 e. The molecule has 5 heteroatoms. The van der Waals surface area contributed by atoms with Crippen molar-refractivity contribution >= 4 is 26.8 Å². The van der Waals surface area contributed by atoms with Gasteiger partial charge in [-0.2, -0.15) is 0 Å². The molecule has 1 aromatic heterocycles. The van der Waals surface area contributed by atoms with Crippen molar-refractivity contribution in [3.63, 3.8) is 0 Å². The first kappa shape index (κ1) is 17.3. The molecule has 0 aliphatic carbocycles. The number of aliphatic hydroxyl groups excluding tert-OH is 1. The minimum absolute atomic E-state index is 0.193. The molecule has 2 aromatic rings. The Morgan fingerprint density at radius 3 is 2.88 bits per heavy atom. The second-order valence-corrected chi connectivity index (χ2v) is 8.86. The summed E-state index contributed by atoms with van der Waals surface area (Å²) in [6.45, 7) is 4.42. The molecule has 1 aromatic carbocycles. The molecule has 4 nitrogen and oxygen atoms in total. The molecule has 1 unspecified atom stereocenters. The van der Waals surface area contributed by atoms with Gasteiger partial charge in [0.15, 0.2) is 0 Å². The number of alkyl halides is 1. The summed E-state index contributed by atoms with van der Waals surface area (Å²) in [7, 11) is 1.67. The van der Waals surface area contributed by atoms with Crippen molar-refractivity contribution in [3.05, 3.63) is 36.0 Å². The van der Waals surface area contributed by atoms with Gasteiger partial charge in [0.2, 0.25) is 0 Å². The number of nitrogens with zero attached hydrogens (tertiary/aromatic N) is 2. The molecule has 0 radical (unpaired) electrons. The van der Waals surface area contributed by atoms with Crippen molar-refractivity contribution < 1.29 is 9.84 Å². The van der Waals surface area contributed by atoms with Crippen molar-refractivity contribution in [2.75, 3.05) is 20.2 Å². The standard InChI is InChI=1S/C20H25BrN2O2/c1-12(21)17-11-23-8-6-13(17)9-19(23)20(24)15-5-7-22-18-4-3-14(25-2)10-16(15)18/h3-5,7,10,12-13,17,19-20,24H,6,8-9,11H2,1-2H3/t12-,13-,17+,19-,20+/m0/s1. The molecule has 3 saturated heterocycles. The van der Waals surface area contributed by atoms with Crippen LogP contribution in [0.2, 0.25) is 0 Å².